The normalized spacial score (nSPS) is 29.8. The number of halogens is 1. The Kier molecular flexibility index (Phi) is 6.75. The number of aliphatic carboxylic acids is 1. The van der Waals surface area contributed by atoms with Gasteiger partial charge in [-0.25, -0.2) is 9.59 Å². The van der Waals surface area contributed by atoms with Crippen LogP contribution >= 0.6 is 11.6 Å². The van der Waals surface area contributed by atoms with Crippen LogP contribution in [0.2, 0.25) is 5.02 Å². The Morgan fingerprint density at radius 1 is 1.19 bits per heavy atom. The topological polar surface area (TPSA) is 169 Å². The maximum atomic E-state index is 11.1. The van der Waals surface area contributed by atoms with E-state index >= 15 is 0 Å². The Morgan fingerprint density at radius 3 is 2.42 bits per heavy atom. The lowest BCUT2D eigenvalue weighted by Crippen LogP contribution is -2.60. The third kappa shape index (κ3) is 4.61. The van der Waals surface area contributed by atoms with Gasteiger partial charge in [0.2, 0.25) is 0 Å². The van der Waals surface area contributed by atoms with Crippen molar-refractivity contribution in [2.45, 2.75) is 36.8 Å². The minimum Gasteiger partial charge on any atom is -0.479 e. The lowest BCUT2D eigenvalue weighted by Gasteiger charge is -2.39. The highest BCUT2D eigenvalue weighted by molar-refractivity contribution is 6.31. The van der Waals surface area contributed by atoms with E-state index < -0.39 is 55.5 Å². The summed E-state index contributed by atoms with van der Waals surface area (Å²) in [4.78, 5) is 22.0. The van der Waals surface area contributed by atoms with Gasteiger partial charge in [0, 0.05) is 10.6 Å². The molecule has 0 unspecified atom stereocenters. The lowest BCUT2D eigenvalue weighted by molar-refractivity contribution is -0.307. The Labute approximate surface area is 152 Å². The van der Waals surface area contributed by atoms with Crippen LogP contribution in [0.5, 0.6) is 0 Å². The van der Waals surface area contributed by atoms with Gasteiger partial charge in [0.25, 0.3) is 0 Å². The zero-order chi connectivity index (χ0) is 19.4. The van der Waals surface area contributed by atoms with Crippen molar-refractivity contribution in [3.05, 3.63) is 34.9 Å². The monoisotopic (exact) mass is 391 g/mol. The van der Waals surface area contributed by atoms with Gasteiger partial charge in [-0.3, -0.25) is 0 Å². The number of ether oxygens (including phenoxy) is 3. The fourth-order valence-electron chi connectivity index (χ4n) is 2.42. The first-order chi connectivity index (χ1) is 12.2. The van der Waals surface area contributed by atoms with Crippen molar-refractivity contribution in [1.29, 1.82) is 0 Å². The fourth-order valence-corrected chi connectivity index (χ4v) is 2.68. The summed E-state index contributed by atoms with van der Waals surface area (Å²) < 4.78 is 15.2. The maximum Gasteiger partial charge on any atom is 0.404 e. The van der Waals surface area contributed by atoms with E-state index in [0.29, 0.717) is 5.56 Å². The van der Waals surface area contributed by atoms with Gasteiger partial charge in [0.05, 0.1) is 0 Å². The summed E-state index contributed by atoms with van der Waals surface area (Å²) in [5.74, 6) is -1.56. The number of benzene rings is 1. The highest BCUT2D eigenvalue weighted by atomic mass is 35.5. The summed E-state index contributed by atoms with van der Waals surface area (Å²) in [6.07, 6.45) is -11.1. The van der Waals surface area contributed by atoms with Crippen LogP contribution in [0.4, 0.5) is 4.79 Å². The van der Waals surface area contributed by atoms with Crippen molar-refractivity contribution in [1.82, 2.24) is 0 Å². The molecule has 0 aliphatic carbocycles. The van der Waals surface area contributed by atoms with Crippen molar-refractivity contribution in [2.24, 2.45) is 5.73 Å². The van der Waals surface area contributed by atoms with Gasteiger partial charge in [-0.2, -0.15) is 0 Å². The molecule has 1 saturated heterocycles. The molecule has 1 fully saturated rings. The molecule has 2 rings (SSSR count). The van der Waals surface area contributed by atoms with Crippen LogP contribution in [0.1, 0.15) is 11.7 Å². The zero-order valence-corrected chi connectivity index (χ0v) is 14.0. The molecule has 26 heavy (non-hydrogen) atoms. The quantitative estimate of drug-likeness (QED) is 0.424. The summed E-state index contributed by atoms with van der Waals surface area (Å²) in [6.45, 7) is -0.415. The fraction of sp³-hybridized carbons (Fsp3) is 0.467. The van der Waals surface area contributed by atoms with Crippen molar-refractivity contribution in [2.75, 3.05) is 6.61 Å². The third-order valence-corrected chi connectivity index (χ3v) is 4.08. The first-order valence-corrected chi connectivity index (χ1v) is 7.84. The zero-order valence-electron chi connectivity index (χ0n) is 13.3. The van der Waals surface area contributed by atoms with Gasteiger partial charge in [0.15, 0.2) is 12.4 Å². The van der Waals surface area contributed by atoms with E-state index in [4.69, 9.17) is 36.7 Å². The summed E-state index contributed by atoms with van der Waals surface area (Å²) >= 11 is 6.08. The molecule has 6 N–H and O–H groups in total. The predicted molar refractivity (Wildman–Crippen MR) is 85.1 cm³/mol. The Hall–Kier alpha value is -1.95. The number of hydrogen-bond donors (Lipinski definition) is 5. The predicted octanol–water partition coefficient (Wildman–Crippen LogP) is -0.615. The molecule has 0 spiro atoms. The number of carboxylic acid groups (broad SMARTS) is 1. The molecular weight excluding hydrogens is 374 g/mol. The highest BCUT2D eigenvalue weighted by Crippen LogP contribution is 2.31. The second kappa shape index (κ2) is 8.62. The number of nitrogens with two attached hydrogens (primary N) is 1. The second-order valence-corrected chi connectivity index (χ2v) is 5.92. The number of carboxylic acids is 1. The van der Waals surface area contributed by atoms with Gasteiger partial charge in [-0.15, -0.1) is 0 Å². The van der Waals surface area contributed by atoms with Crippen molar-refractivity contribution in [3.63, 3.8) is 0 Å². The first-order valence-electron chi connectivity index (χ1n) is 7.47. The van der Waals surface area contributed by atoms with Gasteiger partial charge in [0.1, 0.15) is 31.0 Å². The van der Waals surface area contributed by atoms with Gasteiger partial charge in [-0.05, 0) is 6.07 Å². The number of aliphatic hydroxyl groups is 3. The highest BCUT2D eigenvalue weighted by Gasteiger charge is 2.48. The molecule has 1 heterocycles. The van der Waals surface area contributed by atoms with Crippen molar-refractivity contribution < 1.29 is 44.2 Å². The molecule has 1 amide bonds. The summed E-state index contributed by atoms with van der Waals surface area (Å²) in [6, 6.07) is 6.35. The van der Waals surface area contributed by atoms with E-state index in [1.54, 1.807) is 18.2 Å². The van der Waals surface area contributed by atoms with E-state index in [9.17, 15) is 24.9 Å². The van der Waals surface area contributed by atoms with Crippen LogP contribution in [0.3, 0.4) is 0 Å². The van der Waals surface area contributed by atoms with Gasteiger partial charge < -0.3 is 40.4 Å². The molecule has 1 aromatic rings. The molecule has 1 aliphatic rings. The smallest absolute Gasteiger partial charge is 0.404 e. The van der Waals surface area contributed by atoms with Crippen molar-refractivity contribution in [3.8, 4) is 0 Å². The molecule has 0 bridgehead atoms. The summed E-state index contributed by atoms with van der Waals surface area (Å²) in [5.41, 5.74) is 5.28. The number of hydrogen-bond acceptors (Lipinski definition) is 8. The van der Waals surface area contributed by atoms with E-state index in [1.165, 1.54) is 6.07 Å². The van der Waals surface area contributed by atoms with E-state index in [2.05, 4.69) is 0 Å². The van der Waals surface area contributed by atoms with Crippen LogP contribution in [-0.2, 0) is 19.0 Å². The third-order valence-electron chi connectivity index (χ3n) is 3.74. The van der Waals surface area contributed by atoms with Crippen molar-refractivity contribution >= 4 is 23.7 Å². The average Bonchev–Trinajstić information content (AvgIpc) is 2.58. The van der Waals surface area contributed by atoms with E-state index in [1.807, 2.05) is 0 Å². The molecule has 0 saturated carbocycles. The Morgan fingerprint density at radius 2 is 1.85 bits per heavy atom. The average molecular weight is 392 g/mol. The standard InChI is InChI=1S/C15H18ClNO9/c16-7-4-2-1-3-6(7)8(5-24-15(17)23)25-14-11(20)9(18)10(19)12(26-14)13(21)22/h1-4,8-12,14,18-20H,5H2,(H2,17,23)(H,21,22)/t8-,9-,10-,11+,12-,14+/m0/s1. The van der Waals surface area contributed by atoms with Crippen LogP contribution in [0, 0.1) is 0 Å². The van der Waals surface area contributed by atoms with Gasteiger partial charge >= 0.3 is 12.1 Å². The number of carbonyl (C=O) groups excluding carboxylic acids is 1. The summed E-state index contributed by atoms with van der Waals surface area (Å²) in [5, 5.41) is 38.9. The molecular formula is C15H18ClNO9. The molecule has 0 aromatic heterocycles. The number of rotatable bonds is 6. The first kappa shape index (κ1) is 20.4. The SMILES string of the molecule is NC(=O)OC[C@H](O[C@@H]1O[C@H](C(=O)O)[C@@H](O)[C@H](O)[C@H]1O)c1ccccc1Cl. The molecule has 144 valence electrons. The molecule has 1 aromatic carbocycles. The Bertz CT molecular complexity index is 658. The van der Waals surface area contributed by atoms with E-state index in [-0.39, 0.29) is 5.02 Å². The van der Waals surface area contributed by atoms with E-state index in [0.717, 1.165) is 0 Å². The number of amides is 1. The number of aliphatic hydroxyl groups excluding tert-OH is 3. The van der Waals surface area contributed by atoms with Crippen LogP contribution in [0.25, 0.3) is 0 Å². The summed E-state index contributed by atoms with van der Waals surface area (Å²) in [7, 11) is 0. The molecule has 10 nitrogen and oxygen atoms in total. The molecule has 11 heteroatoms. The Balaban J connectivity index is 2.24. The van der Waals surface area contributed by atoms with Gasteiger partial charge in [-0.1, -0.05) is 29.8 Å². The molecule has 1 aliphatic heterocycles. The van der Waals surface area contributed by atoms with Crippen LogP contribution < -0.4 is 5.73 Å². The maximum absolute atomic E-state index is 11.1. The second-order valence-electron chi connectivity index (χ2n) is 5.51. The lowest BCUT2D eigenvalue weighted by atomic mass is 9.99. The number of primary amides is 1. The molecule has 6 atom stereocenters. The number of carbonyl (C=O) groups is 2. The largest absolute Gasteiger partial charge is 0.479 e. The van der Waals surface area contributed by atoms with Crippen LogP contribution in [-0.4, -0.2) is 69.8 Å². The van der Waals surface area contributed by atoms with Crippen LogP contribution in [0.15, 0.2) is 24.3 Å². The molecule has 0 radical (unpaired) electrons. The minimum absolute atomic E-state index is 0.242. The minimum atomic E-state index is -1.86.